The molecule has 0 atom stereocenters. The van der Waals surface area contributed by atoms with Gasteiger partial charge in [0.25, 0.3) is 5.91 Å². The van der Waals surface area contributed by atoms with Gasteiger partial charge < -0.3 is 15.2 Å². The Kier molecular flexibility index (Phi) is 3.88. The summed E-state index contributed by atoms with van der Waals surface area (Å²) in [5.41, 5.74) is 6.38. The molecule has 1 aromatic heterocycles. The molecule has 106 valence electrons. The third kappa shape index (κ3) is 2.71. The van der Waals surface area contributed by atoms with Gasteiger partial charge in [-0.2, -0.15) is 15.4 Å². The number of ether oxygens (including phenoxy) is 2. The number of H-pyrrole nitrogens is 1. The molecule has 20 heavy (non-hydrogen) atoms. The van der Waals surface area contributed by atoms with Crippen LogP contribution in [0.1, 0.15) is 24.3 Å². The lowest BCUT2D eigenvalue weighted by atomic mass is 10.1. The number of hydrogen-bond acceptors (Lipinski definition) is 5. The first kappa shape index (κ1) is 13.9. The molecule has 0 unspecified atom stereocenters. The zero-order valence-electron chi connectivity index (χ0n) is 11.5. The highest BCUT2D eigenvalue weighted by Gasteiger charge is 2.17. The van der Waals surface area contributed by atoms with Gasteiger partial charge in [0.15, 0.2) is 17.2 Å². The van der Waals surface area contributed by atoms with Crippen LogP contribution in [-0.2, 0) is 0 Å². The Morgan fingerprint density at radius 3 is 2.65 bits per heavy atom. The van der Waals surface area contributed by atoms with Gasteiger partial charge in [-0.05, 0) is 32.0 Å². The van der Waals surface area contributed by atoms with Crippen LogP contribution in [0.3, 0.4) is 0 Å². The molecule has 0 saturated carbocycles. The number of hydrogen-bond donors (Lipinski definition) is 2. The van der Waals surface area contributed by atoms with Crippen molar-refractivity contribution in [1.29, 1.82) is 0 Å². The summed E-state index contributed by atoms with van der Waals surface area (Å²) >= 11 is 0. The molecule has 1 aromatic carbocycles. The molecule has 2 aromatic rings. The highest BCUT2D eigenvalue weighted by molar-refractivity contribution is 5.96. The number of benzene rings is 1. The molecule has 3 N–H and O–H groups in total. The van der Waals surface area contributed by atoms with E-state index in [1.165, 1.54) is 0 Å². The molecule has 7 nitrogen and oxygen atoms in total. The molecule has 0 fully saturated rings. The van der Waals surface area contributed by atoms with Gasteiger partial charge in [-0.25, -0.2) is 0 Å². The summed E-state index contributed by atoms with van der Waals surface area (Å²) < 4.78 is 10.9. The van der Waals surface area contributed by atoms with E-state index in [1.807, 2.05) is 13.8 Å². The maximum absolute atomic E-state index is 11.3. The first-order valence-electron chi connectivity index (χ1n) is 6.08. The standard InChI is InChI=1S/C13H16N4O3/c1-7(2)20-9-5-4-8(6-10(9)19-3)11-12(13(14)18)16-17-15-11/h4-7H,1-3H3,(H2,14,18)(H,15,16,17). The molecule has 7 heteroatoms. The Morgan fingerprint density at radius 1 is 1.30 bits per heavy atom. The normalized spacial score (nSPS) is 10.6. The summed E-state index contributed by atoms with van der Waals surface area (Å²) in [4.78, 5) is 11.3. The summed E-state index contributed by atoms with van der Waals surface area (Å²) in [6.45, 7) is 3.85. The molecule has 0 spiro atoms. The maximum Gasteiger partial charge on any atom is 0.271 e. The predicted octanol–water partition coefficient (Wildman–Crippen LogP) is 1.37. The number of primary amides is 1. The van der Waals surface area contributed by atoms with Gasteiger partial charge in [-0.1, -0.05) is 0 Å². The number of carbonyl (C=O) groups is 1. The van der Waals surface area contributed by atoms with Gasteiger partial charge in [-0.3, -0.25) is 4.79 Å². The van der Waals surface area contributed by atoms with Crippen LogP contribution in [0.25, 0.3) is 11.3 Å². The Balaban J connectivity index is 2.43. The second-order valence-electron chi connectivity index (χ2n) is 4.42. The van der Waals surface area contributed by atoms with E-state index in [2.05, 4.69) is 15.4 Å². The van der Waals surface area contributed by atoms with Gasteiger partial charge in [0.1, 0.15) is 5.69 Å². The van der Waals surface area contributed by atoms with E-state index in [1.54, 1.807) is 25.3 Å². The zero-order chi connectivity index (χ0) is 14.7. The Labute approximate surface area is 116 Å². The fourth-order valence-electron chi connectivity index (χ4n) is 1.77. The van der Waals surface area contributed by atoms with Crippen LogP contribution in [-0.4, -0.2) is 34.5 Å². The van der Waals surface area contributed by atoms with Crippen molar-refractivity contribution < 1.29 is 14.3 Å². The lowest BCUT2D eigenvalue weighted by Gasteiger charge is -2.14. The van der Waals surface area contributed by atoms with Crippen LogP contribution in [0.2, 0.25) is 0 Å². The van der Waals surface area contributed by atoms with E-state index < -0.39 is 5.91 Å². The summed E-state index contributed by atoms with van der Waals surface area (Å²) in [5, 5.41) is 10.1. The van der Waals surface area contributed by atoms with E-state index in [9.17, 15) is 4.79 Å². The number of nitrogens with one attached hydrogen (secondary N) is 1. The minimum Gasteiger partial charge on any atom is -0.493 e. The van der Waals surface area contributed by atoms with E-state index >= 15 is 0 Å². The van der Waals surface area contributed by atoms with Gasteiger partial charge in [0.05, 0.1) is 13.2 Å². The van der Waals surface area contributed by atoms with Gasteiger partial charge in [0, 0.05) is 5.56 Å². The molecule has 0 aliphatic rings. The van der Waals surface area contributed by atoms with Gasteiger partial charge >= 0.3 is 0 Å². The van der Waals surface area contributed by atoms with Crippen molar-refractivity contribution in [2.45, 2.75) is 20.0 Å². The minimum atomic E-state index is -0.643. The van der Waals surface area contributed by atoms with Crippen molar-refractivity contribution in [3.05, 3.63) is 23.9 Å². The molecule has 0 radical (unpaired) electrons. The van der Waals surface area contributed by atoms with Crippen LogP contribution < -0.4 is 15.2 Å². The first-order valence-corrected chi connectivity index (χ1v) is 6.08. The monoisotopic (exact) mass is 276 g/mol. The number of nitrogens with two attached hydrogens (primary N) is 1. The third-order valence-corrected chi connectivity index (χ3v) is 2.58. The third-order valence-electron chi connectivity index (χ3n) is 2.58. The number of methoxy groups -OCH3 is 1. The van der Waals surface area contributed by atoms with Crippen LogP contribution in [0.15, 0.2) is 18.2 Å². The summed E-state index contributed by atoms with van der Waals surface area (Å²) in [6, 6.07) is 5.25. The molecule has 0 aliphatic heterocycles. The number of aromatic nitrogens is 3. The largest absolute Gasteiger partial charge is 0.493 e. The van der Waals surface area contributed by atoms with Gasteiger partial charge in [-0.15, -0.1) is 0 Å². The number of rotatable bonds is 5. The van der Waals surface area contributed by atoms with Crippen LogP contribution in [0.4, 0.5) is 0 Å². The first-order chi connectivity index (χ1) is 9.52. The fourth-order valence-corrected chi connectivity index (χ4v) is 1.77. The van der Waals surface area contributed by atoms with Gasteiger partial charge in [0.2, 0.25) is 0 Å². The fraction of sp³-hybridized carbons (Fsp3) is 0.308. The average molecular weight is 276 g/mol. The van der Waals surface area contributed by atoms with Crippen molar-refractivity contribution in [3.63, 3.8) is 0 Å². The van der Waals surface area contributed by atoms with E-state index in [-0.39, 0.29) is 11.8 Å². The quantitative estimate of drug-likeness (QED) is 0.858. The Bertz CT molecular complexity index is 622. The van der Waals surface area contributed by atoms with Crippen molar-refractivity contribution >= 4 is 5.91 Å². The highest BCUT2D eigenvalue weighted by atomic mass is 16.5. The number of nitrogens with zero attached hydrogens (tertiary/aromatic N) is 2. The van der Waals surface area contributed by atoms with E-state index in [4.69, 9.17) is 15.2 Å². The molecule has 0 saturated heterocycles. The number of amides is 1. The summed E-state index contributed by atoms with van der Waals surface area (Å²) in [6.07, 6.45) is 0.0305. The zero-order valence-corrected chi connectivity index (χ0v) is 11.5. The lowest BCUT2D eigenvalue weighted by Crippen LogP contribution is -2.12. The van der Waals surface area contributed by atoms with Crippen molar-refractivity contribution in [3.8, 4) is 22.8 Å². The molecule has 2 rings (SSSR count). The molecule has 1 heterocycles. The van der Waals surface area contributed by atoms with Crippen LogP contribution in [0.5, 0.6) is 11.5 Å². The maximum atomic E-state index is 11.3. The topological polar surface area (TPSA) is 103 Å². The van der Waals surface area contributed by atoms with Crippen molar-refractivity contribution in [1.82, 2.24) is 15.4 Å². The smallest absolute Gasteiger partial charge is 0.271 e. The molecular weight excluding hydrogens is 260 g/mol. The molecule has 1 amide bonds. The SMILES string of the molecule is COc1cc(-c2n[nH]nc2C(N)=O)ccc1OC(C)C. The average Bonchev–Trinajstić information content (AvgIpc) is 2.88. The number of carbonyl (C=O) groups excluding carboxylic acids is 1. The van der Waals surface area contributed by atoms with Crippen molar-refractivity contribution in [2.24, 2.45) is 5.73 Å². The second kappa shape index (κ2) is 5.60. The summed E-state index contributed by atoms with van der Waals surface area (Å²) in [7, 11) is 1.55. The molecule has 0 aliphatic carbocycles. The Hall–Kier alpha value is -2.57. The Morgan fingerprint density at radius 2 is 2.05 bits per heavy atom. The predicted molar refractivity (Wildman–Crippen MR) is 72.7 cm³/mol. The van der Waals surface area contributed by atoms with Crippen LogP contribution in [0, 0.1) is 0 Å². The highest BCUT2D eigenvalue weighted by Crippen LogP contribution is 2.33. The van der Waals surface area contributed by atoms with Crippen molar-refractivity contribution in [2.75, 3.05) is 7.11 Å². The van der Waals surface area contributed by atoms with Crippen LogP contribution >= 0.6 is 0 Å². The lowest BCUT2D eigenvalue weighted by molar-refractivity contribution is 0.0996. The van der Waals surface area contributed by atoms with E-state index in [0.717, 1.165) is 0 Å². The second-order valence-corrected chi connectivity index (χ2v) is 4.42. The minimum absolute atomic E-state index is 0.0305. The molecular formula is C13H16N4O3. The van der Waals surface area contributed by atoms with E-state index in [0.29, 0.717) is 22.8 Å². The molecule has 0 bridgehead atoms. The summed E-state index contributed by atoms with van der Waals surface area (Å²) in [5.74, 6) is 0.528. The number of aromatic amines is 1.